The molecule has 84 valence electrons. The number of rotatable bonds is 4. The Labute approximate surface area is 86.5 Å². The molecule has 0 aromatic heterocycles. The van der Waals surface area contributed by atoms with E-state index < -0.39 is 17.7 Å². The Bertz CT molecular complexity index is 344. The summed E-state index contributed by atoms with van der Waals surface area (Å²) in [5.41, 5.74) is 5.34. The first kappa shape index (κ1) is 11.9. The zero-order chi connectivity index (χ0) is 11.4. The van der Waals surface area contributed by atoms with Crippen molar-refractivity contribution < 1.29 is 18.6 Å². The van der Waals surface area contributed by atoms with Crippen molar-refractivity contribution in [1.82, 2.24) is 0 Å². The predicted molar refractivity (Wildman–Crippen MR) is 51.7 cm³/mol. The van der Waals surface area contributed by atoms with E-state index in [9.17, 15) is 8.78 Å². The topological polar surface area (TPSA) is 55.5 Å². The maximum Gasteiger partial charge on any atom is 0.200 e. The summed E-state index contributed by atoms with van der Waals surface area (Å²) in [6, 6.07) is 2.72. The SMILES string of the molecule is Cc1ccc(OC[C@H](O)CN)c(F)c1F. The van der Waals surface area contributed by atoms with E-state index >= 15 is 0 Å². The van der Waals surface area contributed by atoms with Crippen LogP contribution in [0.2, 0.25) is 0 Å². The van der Waals surface area contributed by atoms with Gasteiger partial charge in [0.15, 0.2) is 11.6 Å². The highest BCUT2D eigenvalue weighted by molar-refractivity contribution is 5.30. The van der Waals surface area contributed by atoms with E-state index in [4.69, 9.17) is 15.6 Å². The number of aliphatic hydroxyl groups excluding tert-OH is 1. The highest BCUT2D eigenvalue weighted by atomic mass is 19.2. The van der Waals surface area contributed by atoms with Crippen LogP contribution in [0.1, 0.15) is 5.56 Å². The molecule has 0 fully saturated rings. The van der Waals surface area contributed by atoms with Crippen molar-refractivity contribution in [2.75, 3.05) is 13.2 Å². The van der Waals surface area contributed by atoms with E-state index in [1.807, 2.05) is 0 Å². The molecular weight excluding hydrogens is 204 g/mol. The van der Waals surface area contributed by atoms with Crippen LogP contribution < -0.4 is 10.5 Å². The third-order valence-corrected chi connectivity index (χ3v) is 1.94. The number of hydrogen-bond donors (Lipinski definition) is 2. The maximum absolute atomic E-state index is 13.2. The number of aliphatic hydroxyl groups is 1. The van der Waals surface area contributed by atoms with Gasteiger partial charge in [0.1, 0.15) is 12.7 Å². The lowest BCUT2D eigenvalue weighted by Crippen LogP contribution is -2.26. The molecular formula is C10H13F2NO2. The molecule has 5 heteroatoms. The van der Waals surface area contributed by atoms with Gasteiger partial charge >= 0.3 is 0 Å². The van der Waals surface area contributed by atoms with Gasteiger partial charge in [0.2, 0.25) is 5.82 Å². The zero-order valence-corrected chi connectivity index (χ0v) is 8.34. The van der Waals surface area contributed by atoms with Crippen LogP contribution in [0, 0.1) is 18.6 Å². The number of ether oxygens (including phenoxy) is 1. The number of halogens is 2. The average Bonchev–Trinajstić information content (AvgIpc) is 2.24. The Morgan fingerprint density at radius 2 is 2.07 bits per heavy atom. The fraction of sp³-hybridized carbons (Fsp3) is 0.400. The van der Waals surface area contributed by atoms with Gasteiger partial charge in [-0.3, -0.25) is 0 Å². The maximum atomic E-state index is 13.2. The van der Waals surface area contributed by atoms with Gasteiger partial charge in [-0.1, -0.05) is 6.07 Å². The molecule has 3 N–H and O–H groups in total. The molecule has 0 bridgehead atoms. The molecule has 1 rings (SSSR count). The second-order valence-corrected chi connectivity index (χ2v) is 3.21. The summed E-state index contributed by atoms with van der Waals surface area (Å²) < 4.78 is 31.1. The molecule has 0 aliphatic rings. The van der Waals surface area contributed by atoms with Gasteiger partial charge in [0.05, 0.1) is 0 Å². The molecule has 0 spiro atoms. The van der Waals surface area contributed by atoms with E-state index in [-0.39, 0.29) is 24.5 Å². The lowest BCUT2D eigenvalue weighted by atomic mass is 10.2. The Hall–Kier alpha value is -1.20. The van der Waals surface area contributed by atoms with Crippen molar-refractivity contribution in [3.63, 3.8) is 0 Å². The largest absolute Gasteiger partial charge is 0.488 e. The third-order valence-electron chi connectivity index (χ3n) is 1.94. The average molecular weight is 217 g/mol. The standard InChI is InChI=1S/C10H13F2NO2/c1-6-2-3-8(10(12)9(6)11)15-5-7(14)4-13/h2-3,7,14H,4-5,13H2,1H3/t7-/m1/s1. The molecule has 0 amide bonds. The van der Waals surface area contributed by atoms with E-state index in [1.54, 1.807) is 0 Å². The summed E-state index contributed by atoms with van der Waals surface area (Å²) in [5, 5.41) is 9.07. The molecule has 0 radical (unpaired) electrons. The van der Waals surface area contributed by atoms with Crippen LogP contribution >= 0.6 is 0 Å². The van der Waals surface area contributed by atoms with Crippen LogP contribution in [0.25, 0.3) is 0 Å². The molecule has 15 heavy (non-hydrogen) atoms. The minimum atomic E-state index is -1.04. The normalized spacial score (nSPS) is 12.6. The van der Waals surface area contributed by atoms with Crippen LogP contribution in [-0.4, -0.2) is 24.4 Å². The van der Waals surface area contributed by atoms with Crippen LogP contribution in [0.5, 0.6) is 5.75 Å². The number of benzene rings is 1. The minimum absolute atomic E-state index is 0.00988. The minimum Gasteiger partial charge on any atom is -0.488 e. The van der Waals surface area contributed by atoms with Gasteiger partial charge < -0.3 is 15.6 Å². The van der Waals surface area contributed by atoms with E-state index in [1.165, 1.54) is 19.1 Å². The summed E-state index contributed by atoms with van der Waals surface area (Å²) in [7, 11) is 0. The smallest absolute Gasteiger partial charge is 0.200 e. The molecule has 0 heterocycles. The molecule has 0 aliphatic heterocycles. The van der Waals surface area contributed by atoms with E-state index in [2.05, 4.69) is 0 Å². The van der Waals surface area contributed by atoms with Crippen LogP contribution in [0.3, 0.4) is 0 Å². The van der Waals surface area contributed by atoms with E-state index in [0.717, 1.165) is 0 Å². The Morgan fingerprint density at radius 3 is 2.67 bits per heavy atom. The highest BCUT2D eigenvalue weighted by Crippen LogP contribution is 2.22. The zero-order valence-electron chi connectivity index (χ0n) is 8.34. The molecule has 1 aromatic carbocycles. The van der Waals surface area contributed by atoms with Gasteiger partial charge in [-0.25, -0.2) is 4.39 Å². The number of aryl methyl sites for hydroxylation is 1. The summed E-state index contributed by atoms with van der Waals surface area (Å²) in [5.74, 6) is -2.19. The Morgan fingerprint density at radius 1 is 1.40 bits per heavy atom. The second-order valence-electron chi connectivity index (χ2n) is 3.21. The second kappa shape index (κ2) is 5.04. The van der Waals surface area contributed by atoms with Crippen molar-refractivity contribution in [1.29, 1.82) is 0 Å². The third kappa shape index (κ3) is 2.87. The van der Waals surface area contributed by atoms with E-state index in [0.29, 0.717) is 0 Å². The van der Waals surface area contributed by atoms with Crippen LogP contribution in [0.4, 0.5) is 8.78 Å². The molecule has 0 unspecified atom stereocenters. The fourth-order valence-corrected chi connectivity index (χ4v) is 0.994. The summed E-state index contributed by atoms with van der Waals surface area (Å²) in [6.07, 6.45) is -0.881. The van der Waals surface area contributed by atoms with Crippen LogP contribution in [0.15, 0.2) is 12.1 Å². The lowest BCUT2D eigenvalue weighted by Gasteiger charge is -2.11. The molecule has 3 nitrogen and oxygen atoms in total. The first-order valence-corrected chi connectivity index (χ1v) is 4.51. The molecule has 0 saturated heterocycles. The van der Waals surface area contributed by atoms with Gasteiger partial charge in [-0.2, -0.15) is 4.39 Å². The Balaban J connectivity index is 2.74. The number of hydrogen-bond acceptors (Lipinski definition) is 3. The fourth-order valence-electron chi connectivity index (χ4n) is 0.994. The molecule has 1 aromatic rings. The molecule has 0 saturated carbocycles. The van der Waals surface area contributed by atoms with Gasteiger partial charge in [-0.15, -0.1) is 0 Å². The van der Waals surface area contributed by atoms with Gasteiger partial charge in [0.25, 0.3) is 0 Å². The highest BCUT2D eigenvalue weighted by Gasteiger charge is 2.12. The van der Waals surface area contributed by atoms with Gasteiger partial charge in [-0.05, 0) is 18.6 Å². The monoisotopic (exact) mass is 217 g/mol. The van der Waals surface area contributed by atoms with Crippen molar-refractivity contribution in [2.45, 2.75) is 13.0 Å². The van der Waals surface area contributed by atoms with Crippen molar-refractivity contribution >= 4 is 0 Å². The van der Waals surface area contributed by atoms with Crippen molar-refractivity contribution in [2.24, 2.45) is 5.73 Å². The van der Waals surface area contributed by atoms with Crippen molar-refractivity contribution in [3.8, 4) is 5.75 Å². The van der Waals surface area contributed by atoms with Gasteiger partial charge in [0, 0.05) is 6.54 Å². The quantitative estimate of drug-likeness (QED) is 0.790. The summed E-state index contributed by atoms with van der Waals surface area (Å²) >= 11 is 0. The number of nitrogens with two attached hydrogens (primary N) is 1. The predicted octanol–water partition coefficient (Wildman–Crippen LogP) is 0.972. The lowest BCUT2D eigenvalue weighted by molar-refractivity contribution is 0.111. The first-order valence-electron chi connectivity index (χ1n) is 4.51. The first-order chi connectivity index (χ1) is 7.06. The van der Waals surface area contributed by atoms with Crippen molar-refractivity contribution in [3.05, 3.63) is 29.3 Å². The summed E-state index contributed by atoms with van der Waals surface area (Å²) in [6.45, 7) is 1.31. The molecule has 0 aliphatic carbocycles. The Kier molecular flexibility index (Phi) is 3.99. The summed E-state index contributed by atoms with van der Waals surface area (Å²) in [4.78, 5) is 0. The molecule has 1 atom stereocenters. The van der Waals surface area contributed by atoms with Crippen LogP contribution in [-0.2, 0) is 0 Å².